The van der Waals surface area contributed by atoms with Crippen LogP contribution in [0.15, 0.2) is 77.6 Å². The van der Waals surface area contributed by atoms with Crippen molar-refractivity contribution in [2.24, 2.45) is 5.92 Å². The standard InChI is InChI=1S/C50H57N11O5/c1-30-22-34(6-12-39(30)31(2)53-46(63)47-56-48(57-66-47)50(3,4)5)44-40-24-41(54-45(40)52-29-51-44)33-7-13-42-35(23-33)27-65-28-38-26-58(20-21-60(38)42)25-32-14-17-59(18-15-32)36-8-10-37(11-9-36)61-19-16-43(62)55-49(61)64/h6-13,22-24,29,31-32,38H,14-21,25-28H2,1-5H3,(H,53,63)(H,51,52,54)(H,55,62,64)/t31-,38?/m1/s1. The van der Waals surface area contributed by atoms with Gasteiger partial charge in [-0.2, -0.15) is 4.98 Å². The maximum absolute atomic E-state index is 13.0. The van der Waals surface area contributed by atoms with Gasteiger partial charge in [-0.3, -0.25) is 24.7 Å². The number of piperidine rings is 1. The highest BCUT2D eigenvalue weighted by Gasteiger charge is 2.33. The Morgan fingerprint density at radius 3 is 2.47 bits per heavy atom. The van der Waals surface area contributed by atoms with E-state index in [-0.39, 0.29) is 35.3 Å². The molecule has 0 bridgehead atoms. The summed E-state index contributed by atoms with van der Waals surface area (Å²) in [5.41, 5.74) is 10.7. The van der Waals surface area contributed by atoms with E-state index in [0.29, 0.717) is 37.9 Å². The number of piperazine rings is 1. The number of fused-ring (bicyclic) bond motifs is 4. The molecule has 0 aliphatic carbocycles. The highest BCUT2D eigenvalue weighted by atomic mass is 16.5. The number of H-pyrrole nitrogens is 1. The number of ether oxygens (including phenoxy) is 1. The second-order valence-electron chi connectivity index (χ2n) is 19.3. The van der Waals surface area contributed by atoms with Crippen LogP contribution in [0, 0.1) is 12.8 Å². The van der Waals surface area contributed by atoms with Crippen LogP contribution < -0.4 is 25.3 Å². The third kappa shape index (κ3) is 8.74. The Bertz CT molecular complexity index is 2790. The molecule has 3 N–H and O–H groups in total. The molecule has 4 aliphatic heterocycles. The van der Waals surface area contributed by atoms with Gasteiger partial charge in [-0.15, -0.1) is 0 Å². The lowest BCUT2D eigenvalue weighted by atomic mass is 9.95. The van der Waals surface area contributed by atoms with E-state index in [1.807, 2.05) is 58.9 Å². The number of hydrogen-bond acceptors (Lipinski definition) is 12. The molecule has 0 radical (unpaired) electrons. The van der Waals surface area contributed by atoms with Crippen LogP contribution in [-0.2, 0) is 21.6 Å². The summed E-state index contributed by atoms with van der Waals surface area (Å²) < 4.78 is 11.7. The number of urea groups is 1. The lowest BCUT2D eigenvalue weighted by molar-refractivity contribution is -0.120. The number of hydrogen-bond donors (Lipinski definition) is 3. The van der Waals surface area contributed by atoms with E-state index < -0.39 is 5.91 Å². The van der Waals surface area contributed by atoms with Gasteiger partial charge >= 0.3 is 17.8 Å². The van der Waals surface area contributed by atoms with Gasteiger partial charge in [-0.05, 0) is 97.8 Å². The summed E-state index contributed by atoms with van der Waals surface area (Å²) in [6.45, 7) is 17.6. The molecule has 7 heterocycles. The predicted molar refractivity (Wildman–Crippen MR) is 252 cm³/mol. The van der Waals surface area contributed by atoms with Crippen molar-refractivity contribution in [3.8, 4) is 22.5 Å². The van der Waals surface area contributed by atoms with Gasteiger partial charge in [0.25, 0.3) is 0 Å². The maximum atomic E-state index is 13.0. The number of carbonyl (C=O) groups excluding carboxylic acids is 3. The first-order valence-electron chi connectivity index (χ1n) is 23.1. The van der Waals surface area contributed by atoms with Crippen molar-refractivity contribution in [1.82, 2.24) is 40.6 Å². The van der Waals surface area contributed by atoms with Crippen LogP contribution in [0.2, 0.25) is 0 Å². The van der Waals surface area contributed by atoms with Crippen molar-refractivity contribution in [1.29, 1.82) is 0 Å². The zero-order valence-corrected chi connectivity index (χ0v) is 38.3. The van der Waals surface area contributed by atoms with Crippen molar-refractivity contribution >= 4 is 45.9 Å². The maximum Gasteiger partial charge on any atom is 0.328 e. The summed E-state index contributed by atoms with van der Waals surface area (Å²) in [6, 6.07) is 22.8. The predicted octanol–water partition coefficient (Wildman–Crippen LogP) is 7.16. The average Bonchev–Trinajstić information content (AvgIpc) is 3.95. The first-order valence-corrected chi connectivity index (χ1v) is 23.1. The quantitative estimate of drug-likeness (QED) is 0.134. The van der Waals surface area contributed by atoms with Crippen molar-refractivity contribution in [2.75, 3.05) is 67.1 Å². The van der Waals surface area contributed by atoms with Crippen LogP contribution >= 0.6 is 0 Å². The topological polar surface area (TPSA) is 178 Å². The highest BCUT2D eigenvalue weighted by Crippen LogP contribution is 2.36. The van der Waals surface area contributed by atoms with Crippen molar-refractivity contribution in [2.45, 2.75) is 78.0 Å². The molecule has 4 aliphatic rings. The van der Waals surface area contributed by atoms with Gasteiger partial charge < -0.3 is 29.4 Å². The Hall–Kier alpha value is -6.65. The van der Waals surface area contributed by atoms with Gasteiger partial charge in [-0.25, -0.2) is 14.8 Å². The molecular weight excluding hydrogens is 835 g/mol. The van der Waals surface area contributed by atoms with Crippen LogP contribution in [0.4, 0.5) is 21.9 Å². The van der Waals surface area contributed by atoms with Crippen LogP contribution in [0.25, 0.3) is 33.5 Å². The molecule has 66 heavy (non-hydrogen) atoms. The minimum absolute atomic E-state index is 0.0486. The van der Waals surface area contributed by atoms with E-state index in [2.05, 4.69) is 87.9 Å². The molecular formula is C50H57N11O5. The van der Waals surface area contributed by atoms with E-state index >= 15 is 0 Å². The van der Waals surface area contributed by atoms with Gasteiger partial charge in [0.1, 0.15) is 12.0 Å². The molecule has 10 rings (SSSR count). The van der Waals surface area contributed by atoms with Crippen LogP contribution in [0.1, 0.15) is 86.2 Å². The molecule has 6 aromatic rings. The number of aryl methyl sites for hydroxylation is 1. The summed E-state index contributed by atoms with van der Waals surface area (Å²) in [6.07, 6.45) is 4.20. The summed E-state index contributed by atoms with van der Waals surface area (Å²) in [5, 5.41) is 10.3. The van der Waals surface area contributed by atoms with Crippen LogP contribution in [0.3, 0.4) is 0 Å². The van der Waals surface area contributed by atoms with Gasteiger partial charge in [-0.1, -0.05) is 44.1 Å². The number of rotatable bonds is 9. The summed E-state index contributed by atoms with van der Waals surface area (Å²) in [5.74, 6) is 0.449. The van der Waals surface area contributed by atoms with Crippen LogP contribution in [-0.4, -0.2) is 106 Å². The average molecular weight is 892 g/mol. The molecule has 342 valence electrons. The third-order valence-electron chi connectivity index (χ3n) is 13.6. The first-order chi connectivity index (χ1) is 31.8. The fraction of sp³-hybridized carbons (Fsp3) is 0.420. The number of nitrogens with one attached hydrogen (secondary N) is 3. The van der Waals surface area contributed by atoms with Gasteiger partial charge in [0.2, 0.25) is 5.91 Å². The van der Waals surface area contributed by atoms with E-state index in [1.165, 1.54) is 16.9 Å². The first kappa shape index (κ1) is 43.3. The number of nitrogens with zero attached hydrogens (tertiary/aromatic N) is 8. The minimum atomic E-state index is -0.410. The molecule has 3 aromatic carbocycles. The van der Waals surface area contributed by atoms with Gasteiger partial charge in [0.05, 0.1) is 31.0 Å². The number of benzene rings is 3. The molecule has 2 atom stereocenters. The molecule has 3 saturated heterocycles. The molecule has 16 nitrogen and oxygen atoms in total. The Balaban J connectivity index is 0.761. The van der Waals surface area contributed by atoms with E-state index in [4.69, 9.17) is 14.2 Å². The minimum Gasteiger partial charge on any atom is -0.375 e. The second-order valence-corrected chi connectivity index (χ2v) is 19.3. The SMILES string of the molecule is Cc1cc(-c2ncnc3[nH]c(-c4ccc5c(c4)COCC4CN(CC6CCN(c7ccc(N8CCC(=O)NC8=O)cc7)CC6)CCN54)cc23)ccc1[C@@H](C)NC(=O)c1nc(C(C)(C)C)no1. The zero-order valence-electron chi connectivity index (χ0n) is 38.3. The van der Waals surface area contributed by atoms with E-state index in [1.54, 1.807) is 11.2 Å². The van der Waals surface area contributed by atoms with Gasteiger partial charge in [0, 0.05) is 96.9 Å². The molecule has 1 unspecified atom stereocenters. The van der Waals surface area contributed by atoms with Gasteiger partial charge in [0.15, 0.2) is 5.82 Å². The molecule has 0 spiro atoms. The summed E-state index contributed by atoms with van der Waals surface area (Å²) in [7, 11) is 0. The Kier molecular flexibility index (Phi) is 11.6. The molecule has 3 fully saturated rings. The normalized spacial score (nSPS) is 19.0. The number of anilines is 3. The number of aromatic amines is 1. The number of carbonyl (C=O) groups is 3. The molecule has 4 amide bonds. The zero-order chi connectivity index (χ0) is 45.7. The largest absolute Gasteiger partial charge is 0.375 e. The van der Waals surface area contributed by atoms with E-state index in [0.717, 1.165) is 102 Å². The smallest absolute Gasteiger partial charge is 0.328 e. The van der Waals surface area contributed by atoms with Crippen molar-refractivity contribution < 1.29 is 23.6 Å². The monoisotopic (exact) mass is 891 g/mol. The second kappa shape index (κ2) is 17.6. The van der Waals surface area contributed by atoms with Crippen LogP contribution in [0.5, 0.6) is 0 Å². The fourth-order valence-corrected chi connectivity index (χ4v) is 9.98. The highest BCUT2D eigenvalue weighted by molar-refractivity contribution is 6.05. The van der Waals surface area contributed by atoms with Crippen molar-refractivity contribution in [3.05, 3.63) is 101 Å². The fourth-order valence-electron chi connectivity index (χ4n) is 9.98. The molecule has 16 heteroatoms. The number of aromatic nitrogens is 5. The Morgan fingerprint density at radius 2 is 1.71 bits per heavy atom. The summed E-state index contributed by atoms with van der Waals surface area (Å²) in [4.78, 5) is 63.4. The molecule has 0 saturated carbocycles. The lowest BCUT2D eigenvalue weighted by Crippen LogP contribution is -2.56. The van der Waals surface area contributed by atoms with E-state index in [9.17, 15) is 14.4 Å². The Labute approximate surface area is 384 Å². The number of amides is 4. The van der Waals surface area contributed by atoms with Crippen molar-refractivity contribution in [3.63, 3.8) is 0 Å². The Morgan fingerprint density at radius 1 is 0.924 bits per heavy atom. The summed E-state index contributed by atoms with van der Waals surface area (Å²) >= 11 is 0. The molecule has 3 aromatic heterocycles. The lowest BCUT2D eigenvalue weighted by Gasteiger charge is -2.44. The third-order valence-corrected chi connectivity index (χ3v) is 13.6. The number of imide groups is 1.